The number of rotatable bonds is 6. The topological polar surface area (TPSA) is 79.8 Å². The Morgan fingerprint density at radius 1 is 1.10 bits per heavy atom. The largest absolute Gasteiger partial charge is 0.494 e. The minimum atomic E-state index is -0.552. The summed E-state index contributed by atoms with van der Waals surface area (Å²) < 4.78 is 5.56. The molecule has 0 saturated carbocycles. The summed E-state index contributed by atoms with van der Waals surface area (Å²) in [4.78, 5) is 26.3. The highest BCUT2D eigenvalue weighted by molar-refractivity contribution is 5.84. The normalized spacial score (nSPS) is 10.7. The Kier molecular flexibility index (Phi) is 4.43. The second kappa shape index (κ2) is 6.26. The second-order valence-corrected chi connectivity index (χ2v) is 4.72. The first-order chi connectivity index (χ1) is 9.69. The van der Waals surface area contributed by atoms with E-state index in [0.717, 1.165) is 12.8 Å². The molecule has 0 bridgehead atoms. The Hall–Kier alpha value is -2.26. The molecule has 5 nitrogen and oxygen atoms in total. The predicted molar refractivity (Wildman–Crippen MR) is 75.3 cm³/mol. The van der Waals surface area contributed by atoms with Crippen molar-refractivity contribution in [3.8, 4) is 5.75 Å². The van der Waals surface area contributed by atoms with Gasteiger partial charge in [-0.3, -0.25) is 9.59 Å². The smallest absolute Gasteiger partial charge is 0.410 e. The molecule has 0 aromatic heterocycles. The average Bonchev–Trinajstić information content (AvgIpc) is 2.70. The zero-order chi connectivity index (χ0) is 14.5. The van der Waals surface area contributed by atoms with Gasteiger partial charge in [0.05, 0.1) is 6.61 Å². The van der Waals surface area contributed by atoms with E-state index in [4.69, 9.17) is 10.3 Å². The molecule has 0 heterocycles. The number of unbranched alkanes of at least 4 members (excludes halogenated alkanes) is 3. The van der Waals surface area contributed by atoms with Crippen LogP contribution in [0.2, 0.25) is 0 Å². The zero-order valence-electron chi connectivity index (χ0n) is 11.4. The van der Waals surface area contributed by atoms with E-state index in [1.54, 1.807) is 6.07 Å². The fraction of sp³-hybridized carbons (Fsp3) is 0.400. The average molecular weight is 272 g/mol. The highest BCUT2D eigenvalue weighted by atomic mass is 16.5. The van der Waals surface area contributed by atoms with Crippen molar-refractivity contribution in [2.75, 3.05) is 6.61 Å². The van der Waals surface area contributed by atoms with Crippen LogP contribution in [0, 0.1) is 0 Å². The van der Waals surface area contributed by atoms with Gasteiger partial charge < -0.3 is 10.3 Å². The Labute approximate surface area is 115 Å². The molecule has 0 aliphatic rings. The lowest BCUT2D eigenvalue weighted by Crippen LogP contribution is -2.32. The maximum absolute atomic E-state index is 11.8. The third-order valence-corrected chi connectivity index (χ3v) is 3.28. The molecule has 0 radical (unpaired) electrons. The molecule has 0 fully saturated rings. The Morgan fingerprint density at radius 3 is 2.55 bits per heavy atom. The van der Waals surface area contributed by atoms with Crippen molar-refractivity contribution in [3.05, 3.63) is 49.5 Å². The van der Waals surface area contributed by atoms with Crippen molar-refractivity contribution >= 4 is 10.8 Å². The number of hydrogen-bond acceptors (Lipinski definition) is 3. The first kappa shape index (κ1) is 14.2. The van der Waals surface area contributed by atoms with E-state index in [9.17, 15) is 9.59 Å². The monoisotopic (exact) mass is 272 g/mol. The number of ether oxygens (including phenoxy) is 1. The highest BCUT2D eigenvalue weighted by Crippen LogP contribution is 2.16. The molecule has 0 unspecified atom stereocenters. The quantitative estimate of drug-likeness (QED) is 0.454. The van der Waals surface area contributed by atoms with E-state index in [1.165, 1.54) is 25.0 Å². The van der Waals surface area contributed by atoms with Crippen molar-refractivity contribution in [1.29, 1.82) is 0 Å². The Balaban J connectivity index is 2.22. The van der Waals surface area contributed by atoms with E-state index in [0.29, 0.717) is 12.4 Å². The molecule has 0 N–H and O–H groups in total. The molecule has 104 valence electrons. The summed E-state index contributed by atoms with van der Waals surface area (Å²) in [6.45, 7) is 2.73. The summed E-state index contributed by atoms with van der Waals surface area (Å²) in [5, 5.41) is 0.0788. The first-order valence-corrected chi connectivity index (χ1v) is 6.77. The van der Waals surface area contributed by atoms with Gasteiger partial charge in [0.15, 0.2) is 0 Å². The second-order valence-electron chi connectivity index (χ2n) is 4.72. The molecule has 0 atom stereocenters. The highest BCUT2D eigenvalue weighted by Gasteiger charge is 2.16. The molecular formula is C15H16N2O3. The van der Waals surface area contributed by atoms with Crippen molar-refractivity contribution in [3.63, 3.8) is 0 Å². The molecule has 5 heteroatoms. The third-order valence-electron chi connectivity index (χ3n) is 3.28. The van der Waals surface area contributed by atoms with Crippen LogP contribution < -0.4 is 21.0 Å². The lowest BCUT2D eigenvalue weighted by molar-refractivity contribution is -0.0674. The predicted octanol–water partition coefficient (Wildman–Crippen LogP) is 1.53. The van der Waals surface area contributed by atoms with Gasteiger partial charge in [-0.25, -0.2) is 0 Å². The van der Waals surface area contributed by atoms with Gasteiger partial charge in [0.1, 0.15) is 5.75 Å². The third kappa shape index (κ3) is 2.68. The van der Waals surface area contributed by atoms with E-state index >= 15 is 0 Å². The van der Waals surface area contributed by atoms with Gasteiger partial charge in [-0.1, -0.05) is 26.2 Å². The summed E-state index contributed by atoms with van der Waals surface area (Å²) in [7, 11) is 0. The van der Waals surface area contributed by atoms with Crippen molar-refractivity contribution in [2.45, 2.75) is 32.6 Å². The number of fused-ring (bicyclic) bond motifs is 1. The maximum atomic E-state index is 11.8. The summed E-state index contributed by atoms with van der Waals surface area (Å²) in [6, 6.07) is 4.73. The van der Waals surface area contributed by atoms with Crippen LogP contribution in [0.1, 0.15) is 32.6 Å². The van der Waals surface area contributed by atoms with Gasteiger partial charge in [-0.15, -0.1) is 0 Å². The molecule has 2 aromatic rings. The Bertz CT molecular complexity index is 782. The maximum Gasteiger partial charge on any atom is 0.410 e. The standard InChI is InChI=1S/C15H16N2O3/c1-2-3-4-5-8-20-10-6-7-11-12(9-10)15(19)13(17-16)14(11)18/h6-7,9H,2-5,8H2,1H3. The molecule has 2 rings (SSSR count). The first-order valence-electron chi connectivity index (χ1n) is 6.77. The van der Waals surface area contributed by atoms with Crippen LogP contribution in [0.5, 0.6) is 5.75 Å². The summed E-state index contributed by atoms with van der Waals surface area (Å²) in [5.41, 5.74) is 7.60. The Morgan fingerprint density at radius 2 is 1.85 bits per heavy atom. The molecule has 0 saturated heterocycles. The van der Waals surface area contributed by atoms with E-state index < -0.39 is 16.2 Å². The minimum absolute atomic E-state index is 0.244. The molecule has 0 aliphatic heterocycles. The molecular weight excluding hydrogens is 256 g/mol. The van der Waals surface area contributed by atoms with Gasteiger partial charge >= 0.3 is 5.36 Å². The van der Waals surface area contributed by atoms with Gasteiger partial charge in [-0.05, 0) is 24.6 Å². The molecule has 2 aromatic carbocycles. The van der Waals surface area contributed by atoms with Gasteiger partial charge in [-0.2, -0.15) is 4.79 Å². The van der Waals surface area contributed by atoms with E-state index in [2.05, 4.69) is 11.7 Å². The number of nitrogens with zero attached hydrogens (tertiary/aromatic N) is 2. The summed E-state index contributed by atoms with van der Waals surface area (Å²) in [5.74, 6) is 0.556. The van der Waals surface area contributed by atoms with Gasteiger partial charge in [0.25, 0.3) is 10.9 Å². The lowest BCUT2D eigenvalue weighted by Gasteiger charge is -2.05. The van der Waals surface area contributed by atoms with Crippen LogP contribution in [-0.4, -0.2) is 11.4 Å². The van der Waals surface area contributed by atoms with Crippen LogP contribution >= 0.6 is 0 Å². The zero-order valence-corrected chi connectivity index (χ0v) is 11.4. The fourth-order valence-corrected chi connectivity index (χ4v) is 2.17. The van der Waals surface area contributed by atoms with E-state index in [1.807, 2.05) is 0 Å². The lowest BCUT2D eigenvalue weighted by atomic mass is 10.2. The van der Waals surface area contributed by atoms with Crippen LogP contribution in [-0.2, 0) is 0 Å². The molecule has 0 spiro atoms. The van der Waals surface area contributed by atoms with Crippen molar-refractivity contribution < 1.29 is 9.53 Å². The van der Waals surface area contributed by atoms with Crippen LogP contribution in [0.3, 0.4) is 0 Å². The summed E-state index contributed by atoms with van der Waals surface area (Å²) >= 11 is 0. The fourth-order valence-electron chi connectivity index (χ4n) is 2.17. The van der Waals surface area contributed by atoms with Crippen molar-refractivity contribution in [2.24, 2.45) is 0 Å². The number of hydrogen-bond donors (Lipinski definition) is 0. The van der Waals surface area contributed by atoms with Crippen LogP contribution in [0.15, 0.2) is 27.8 Å². The van der Waals surface area contributed by atoms with Gasteiger partial charge in [0.2, 0.25) is 0 Å². The molecule has 20 heavy (non-hydrogen) atoms. The molecule has 0 aliphatic carbocycles. The van der Waals surface area contributed by atoms with Crippen molar-refractivity contribution in [1.82, 2.24) is 0 Å². The SMILES string of the molecule is CCCCCCOc1ccc2c(=O)c(=[N+]=[N-])c(=O)c2c1. The number of benzene rings is 1. The minimum Gasteiger partial charge on any atom is -0.494 e. The van der Waals surface area contributed by atoms with Gasteiger partial charge in [0, 0.05) is 10.8 Å². The van der Waals surface area contributed by atoms with Crippen LogP contribution in [0.4, 0.5) is 0 Å². The van der Waals surface area contributed by atoms with E-state index in [-0.39, 0.29) is 10.8 Å². The summed E-state index contributed by atoms with van der Waals surface area (Å²) in [6.07, 6.45) is 4.41. The molecule has 0 amide bonds. The van der Waals surface area contributed by atoms with Crippen LogP contribution in [0.25, 0.3) is 16.3 Å².